The molecule has 3 heteroatoms. The lowest BCUT2D eigenvalue weighted by Crippen LogP contribution is -2.12. The molecule has 0 fully saturated rings. The van der Waals surface area contributed by atoms with Crippen LogP contribution in [0.15, 0.2) is 35.7 Å². The van der Waals surface area contributed by atoms with Gasteiger partial charge in [0.05, 0.1) is 12.6 Å². The summed E-state index contributed by atoms with van der Waals surface area (Å²) in [6, 6.07) is 10.2. The molecule has 0 radical (unpaired) electrons. The number of rotatable bonds is 5. The molecule has 0 aliphatic heterocycles. The van der Waals surface area contributed by atoms with Crippen LogP contribution in [0.2, 0.25) is 0 Å². The summed E-state index contributed by atoms with van der Waals surface area (Å²) in [5.41, 5.74) is 8.81. The molecule has 1 unspecified atom stereocenters. The van der Waals surface area contributed by atoms with Crippen molar-refractivity contribution in [2.24, 2.45) is 5.73 Å². The minimum atomic E-state index is -0.0552. The van der Waals surface area contributed by atoms with Crippen molar-refractivity contribution in [1.82, 2.24) is 0 Å². The molecule has 96 valence electrons. The van der Waals surface area contributed by atoms with Crippen LogP contribution < -0.4 is 10.5 Å². The Balaban J connectivity index is 2.28. The molecular weight excluding hydrogens is 242 g/mol. The first-order valence-corrected chi connectivity index (χ1v) is 7.18. The number of benzene rings is 1. The zero-order valence-corrected chi connectivity index (χ0v) is 11.7. The quantitative estimate of drug-likeness (QED) is 0.889. The van der Waals surface area contributed by atoms with Crippen LogP contribution in [0, 0.1) is 0 Å². The van der Waals surface area contributed by atoms with Crippen LogP contribution in [-0.2, 0) is 6.42 Å². The van der Waals surface area contributed by atoms with Crippen molar-refractivity contribution in [2.45, 2.75) is 26.3 Å². The fourth-order valence-corrected chi connectivity index (χ4v) is 3.05. The van der Waals surface area contributed by atoms with Crippen molar-refractivity contribution in [3.05, 3.63) is 51.7 Å². The molecule has 2 nitrogen and oxygen atoms in total. The second-order valence-corrected chi connectivity index (χ2v) is 5.09. The fourth-order valence-electron chi connectivity index (χ4n) is 2.03. The minimum Gasteiger partial charge on any atom is -0.494 e. The standard InChI is InChI=1S/C15H19NOS/c1-3-11-8-9-18-15(11)14(16)12-6-5-7-13(10-12)17-4-2/h5-10,14H,3-4,16H2,1-2H3. The molecule has 2 rings (SSSR count). The van der Waals surface area contributed by atoms with Crippen molar-refractivity contribution in [2.75, 3.05) is 6.61 Å². The summed E-state index contributed by atoms with van der Waals surface area (Å²) in [5, 5.41) is 2.11. The van der Waals surface area contributed by atoms with Gasteiger partial charge in [-0.25, -0.2) is 0 Å². The van der Waals surface area contributed by atoms with E-state index in [1.54, 1.807) is 11.3 Å². The molecule has 1 atom stereocenters. The van der Waals surface area contributed by atoms with Crippen LogP contribution in [0.5, 0.6) is 5.75 Å². The van der Waals surface area contributed by atoms with Crippen LogP contribution >= 0.6 is 11.3 Å². The molecule has 2 aromatic rings. The zero-order valence-electron chi connectivity index (χ0n) is 10.8. The first kappa shape index (κ1) is 13.1. The topological polar surface area (TPSA) is 35.2 Å². The SMILES string of the molecule is CCOc1cccc(C(N)c2sccc2CC)c1. The Morgan fingerprint density at radius 1 is 1.28 bits per heavy atom. The van der Waals surface area contributed by atoms with Gasteiger partial charge in [0.25, 0.3) is 0 Å². The van der Waals surface area contributed by atoms with Gasteiger partial charge < -0.3 is 10.5 Å². The summed E-state index contributed by atoms with van der Waals surface area (Å²) >= 11 is 1.73. The highest BCUT2D eigenvalue weighted by Crippen LogP contribution is 2.29. The summed E-state index contributed by atoms with van der Waals surface area (Å²) < 4.78 is 5.52. The zero-order chi connectivity index (χ0) is 13.0. The molecule has 2 N–H and O–H groups in total. The molecule has 0 bridgehead atoms. The van der Waals surface area contributed by atoms with Crippen molar-refractivity contribution in [3.8, 4) is 5.75 Å². The average Bonchev–Trinajstić information content (AvgIpc) is 2.87. The number of hydrogen-bond acceptors (Lipinski definition) is 3. The maximum atomic E-state index is 6.36. The third-order valence-electron chi connectivity index (χ3n) is 2.97. The van der Waals surface area contributed by atoms with Gasteiger partial charge in [-0.1, -0.05) is 19.1 Å². The Labute approximate surface area is 112 Å². The van der Waals surface area contributed by atoms with E-state index in [1.165, 1.54) is 10.4 Å². The molecule has 0 amide bonds. The van der Waals surface area contributed by atoms with E-state index in [0.717, 1.165) is 17.7 Å². The molecule has 0 aliphatic carbocycles. The number of aryl methyl sites for hydroxylation is 1. The second-order valence-electron chi connectivity index (χ2n) is 4.15. The molecule has 1 aromatic carbocycles. The van der Waals surface area contributed by atoms with Gasteiger partial charge >= 0.3 is 0 Å². The van der Waals surface area contributed by atoms with E-state index in [1.807, 2.05) is 25.1 Å². The normalized spacial score (nSPS) is 12.4. The fraction of sp³-hybridized carbons (Fsp3) is 0.333. The van der Waals surface area contributed by atoms with Crippen molar-refractivity contribution in [1.29, 1.82) is 0 Å². The Hall–Kier alpha value is -1.32. The maximum Gasteiger partial charge on any atom is 0.119 e. The Kier molecular flexibility index (Phi) is 4.39. The molecule has 18 heavy (non-hydrogen) atoms. The first-order chi connectivity index (χ1) is 8.76. The molecular formula is C15H19NOS. The number of hydrogen-bond donors (Lipinski definition) is 1. The van der Waals surface area contributed by atoms with Gasteiger partial charge in [-0.2, -0.15) is 0 Å². The summed E-state index contributed by atoms with van der Waals surface area (Å²) in [5.74, 6) is 0.889. The predicted octanol–water partition coefficient (Wildman–Crippen LogP) is 3.76. The monoisotopic (exact) mass is 261 g/mol. The lowest BCUT2D eigenvalue weighted by molar-refractivity contribution is 0.340. The molecule has 0 aliphatic rings. The van der Waals surface area contributed by atoms with Gasteiger partial charge in [0, 0.05) is 4.88 Å². The minimum absolute atomic E-state index is 0.0552. The maximum absolute atomic E-state index is 6.36. The van der Waals surface area contributed by atoms with Crippen LogP contribution in [0.4, 0.5) is 0 Å². The van der Waals surface area contributed by atoms with Gasteiger partial charge in [-0.15, -0.1) is 11.3 Å². The molecule has 1 aromatic heterocycles. The van der Waals surface area contributed by atoms with E-state index in [2.05, 4.69) is 24.4 Å². The highest BCUT2D eigenvalue weighted by atomic mass is 32.1. The molecule has 1 heterocycles. The van der Waals surface area contributed by atoms with Crippen molar-refractivity contribution >= 4 is 11.3 Å². The van der Waals surface area contributed by atoms with E-state index in [4.69, 9.17) is 10.5 Å². The van der Waals surface area contributed by atoms with E-state index >= 15 is 0 Å². The summed E-state index contributed by atoms with van der Waals surface area (Å²) in [4.78, 5) is 1.26. The molecule has 0 saturated carbocycles. The van der Waals surface area contributed by atoms with Crippen molar-refractivity contribution < 1.29 is 4.74 Å². The van der Waals surface area contributed by atoms with E-state index in [0.29, 0.717) is 6.61 Å². The Morgan fingerprint density at radius 3 is 2.83 bits per heavy atom. The third kappa shape index (κ3) is 2.74. The molecule has 0 saturated heterocycles. The average molecular weight is 261 g/mol. The van der Waals surface area contributed by atoms with Gasteiger partial charge in [-0.05, 0) is 48.1 Å². The highest BCUT2D eigenvalue weighted by Gasteiger charge is 2.14. The van der Waals surface area contributed by atoms with Gasteiger partial charge in [-0.3, -0.25) is 0 Å². The van der Waals surface area contributed by atoms with Crippen LogP contribution in [0.3, 0.4) is 0 Å². The van der Waals surface area contributed by atoms with Crippen LogP contribution in [0.1, 0.15) is 35.9 Å². The summed E-state index contributed by atoms with van der Waals surface area (Å²) in [6.45, 7) is 4.83. The largest absolute Gasteiger partial charge is 0.494 e. The predicted molar refractivity (Wildman–Crippen MR) is 77.3 cm³/mol. The van der Waals surface area contributed by atoms with E-state index < -0.39 is 0 Å². The highest BCUT2D eigenvalue weighted by molar-refractivity contribution is 7.10. The number of nitrogens with two attached hydrogens (primary N) is 1. The molecule has 0 spiro atoms. The van der Waals surface area contributed by atoms with E-state index in [9.17, 15) is 0 Å². The van der Waals surface area contributed by atoms with Crippen LogP contribution in [0.25, 0.3) is 0 Å². The smallest absolute Gasteiger partial charge is 0.119 e. The number of ether oxygens (including phenoxy) is 1. The van der Waals surface area contributed by atoms with Gasteiger partial charge in [0.2, 0.25) is 0 Å². The van der Waals surface area contributed by atoms with Gasteiger partial charge in [0.1, 0.15) is 5.75 Å². The van der Waals surface area contributed by atoms with E-state index in [-0.39, 0.29) is 6.04 Å². The van der Waals surface area contributed by atoms with Crippen molar-refractivity contribution in [3.63, 3.8) is 0 Å². The Bertz CT molecular complexity index is 507. The third-order valence-corrected chi connectivity index (χ3v) is 4.01. The van der Waals surface area contributed by atoms with Gasteiger partial charge in [0.15, 0.2) is 0 Å². The Morgan fingerprint density at radius 2 is 2.11 bits per heavy atom. The first-order valence-electron chi connectivity index (χ1n) is 6.30. The second kappa shape index (κ2) is 6.03. The lowest BCUT2D eigenvalue weighted by atomic mass is 10.0. The summed E-state index contributed by atoms with van der Waals surface area (Å²) in [6.07, 6.45) is 1.03. The lowest BCUT2D eigenvalue weighted by Gasteiger charge is -2.14. The van der Waals surface area contributed by atoms with Crippen LogP contribution in [-0.4, -0.2) is 6.61 Å². The number of thiophene rings is 1. The summed E-state index contributed by atoms with van der Waals surface area (Å²) in [7, 11) is 0.